The third-order valence-electron chi connectivity index (χ3n) is 4.76. The SMILES string of the molecule is COc1ccccc1CCNC(=O)c1ccc(N(C)CCc2ccncc2)nc1. The Morgan fingerprint density at radius 2 is 1.86 bits per heavy atom. The number of nitrogens with one attached hydrogen (secondary N) is 1. The maximum atomic E-state index is 12.4. The lowest BCUT2D eigenvalue weighted by atomic mass is 10.1. The molecule has 0 unspecified atom stereocenters. The maximum absolute atomic E-state index is 12.4. The molecule has 0 saturated carbocycles. The average molecular weight is 390 g/mol. The number of likely N-dealkylation sites (N-methyl/N-ethyl adjacent to an activating group) is 1. The number of ether oxygens (including phenoxy) is 1. The van der Waals surface area contributed by atoms with Crippen molar-refractivity contribution in [1.82, 2.24) is 15.3 Å². The third kappa shape index (κ3) is 5.78. The molecule has 0 aliphatic carbocycles. The molecule has 3 aromatic rings. The molecule has 29 heavy (non-hydrogen) atoms. The Kier molecular flexibility index (Phi) is 7.16. The van der Waals surface area contributed by atoms with Crippen LogP contribution in [0.5, 0.6) is 5.75 Å². The third-order valence-corrected chi connectivity index (χ3v) is 4.76. The lowest BCUT2D eigenvalue weighted by molar-refractivity contribution is 0.0953. The summed E-state index contributed by atoms with van der Waals surface area (Å²) in [6.45, 7) is 1.37. The van der Waals surface area contributed by atoms with Crippen LogP contribution in [0.2, 0.25) is 0 Å². The van der Waals surface area contributed by atoms with E-state index in [0.717, 1.165) is 30.1 Å². The number of pyridine rings is 2. The van der Waals surface area contributed by atoms with Crippen LogP contribution >= 0.6 is 0 Å². The number of rotatable bonds is 9. The minimum atomic E-state index is -0.126. The molecule has 0 bridgehead atoms. The van der Waals surface area contributed by atoms with Crippen LogP contribution in [0.3, 0.4) is 0 Å². The van der Waals surface area contributed by atoms with E-state index in [1.54, 1.807) is 25.7 Å². The molecule has 0 aliphatic heterocycles. The highest BCUT2D eigenvalue weighted by molar-refractivity contribution is 5.94. The summed E-state index contributed by atoms with van der Waals surface area (Å²) in [7, 11) is 3.65. The Hall–Kier alpha value is -3.41. The molecule has 6 heteroatoms. The highest BCUT2D eigenvalue weighted by Crippen LogP contribution is 2.17. The van der Waals surface area contributed by atoms with Crippen LogP contribution in [-0.4, -0.2) is 43.1 Å². The standard InChI is InChI=1S/C23H26N4O2/c1-27(16-12-18-9-13-24-14-10-18)22-8-7-20(17-26-22)23(28)25-15-11-19-5-3-4-6-21(19)29-2/h3-10,13-14,17H,11-12,15-16H2,1-2H3,(H,25,28). The number of nitrogens with zero attached hydrogens (tertiary/aromatic N) is 3. The van der Waals surface area contributed by atoms with Gasteiger partial charge < -0.3 is 15.0 Å². The van der Waals surface area contributed by atoms with Gasteiger partial charge in [0.05, 0.1) is 12.7 Å². The lowest BCUT2D eigenvalue weighted by Gasteiger charge is -2.18. The van der Waals surface area contributed by atoms with Crippen molar-refractivity contribution in [2.75, 3.05) is 32.1 Å². The van der Waals surface area contributed by atoms with Crippen molar-refractivity contribution < 1.29 is 9.53 Å². The summed E-state index contributed by atoms with van der Waals surface area (Å²) in [6, 6.07) is 15.5. The first kappa shape index (κ1) is 20.3. The van der Waals surface area contributed by atoms with E-state index < -0.39 is 0 Å². The Bertz CT molecular complexity index is 914. The van der Waals surface area contributed by atoms with Gasteiger partial charge in [-0.15, -0.1) is 0 Å². The Morgan fingerprint density at radius 1 is 1.07 bits per heavy atom. The van der Waals surface area contributed by atoms with Crippen LogP contribution in [0.15, 0.2) is 67.1 Å². The van der Waals surface area contributed by atoms with Crippen LogP contribution < -0.4 is 15.0 Å². The number of amides is 1. The number of anilines is 1. The second kappa shape index (κ2) is 10.2. The van der Waals surface area contributed by atoms with E-state index in [9.17, 15) is 4.79 Å². The van der Waals surface area contributed by atoms with Gasteiger partial charge in [-0.05, 0) is 54.3 Å². The molecular formula is C23H26N4O2. The van der Waals surface area contributed by atoms with Gasteiger partial charge in [-0.25, -0.2) is 4.98 Å². The molecule has 1 amide bonds. The van der Waals surface area contributed by atoms with Crippen LogP contribution in [-0.2, 0) is 12.8 Å². The Labute approximate surface area is 171 Å². The molecule has 2 aromatic heterocycles. The Morgan fingerprint density at radius 3 is 2.59 bits per heavy atom. The minimum Gasteiger partial charge on any atom is -0.496 e. The fraction of sp³-hybridized carbons (Fsp3) is 0.261. The average Bonchev–Trinajstić information content (AvgIpc) is 2.78. The van der Waals surface area contributed by atoms with Gasteiger partial charge in [-0.3, -0.25) is 9.78 Å². The zero-order valence-electron chi connectivity index (χ0n) is 16.8. The van der Waals surface area contributed by atoms with Crippen molar-refractivity contribution in [2.45, 2.75) is 12.8 Å². The van der Waals surface area contributed by atoms with Gasteiger partial charge in [-0.1, -0.05) is 18.2 Å². The van der Waals surface area contributed by atoms with E-state index >= 15 is 0 Å². The number of methoxy groups -OCH3 is 1. The first-order valence-corrected chi connectivity index (χ1v) is 9.63. The molecule has 1 N–H and O–H groups in total. The van der Waals surface area contributed by atoms with Gasteiger partial charge in [0.25, 0.3) is 5.91 Å². The highest BCUT2D eigenvalue weighted by Gasteiger charge is 2.09. The predicted molar refractivity (Wildman–Crippen MR) is 114 cm³/mol. The van der Waals surface area contributed by atoms with Crippen molar-refractivity contribution in [3.8, 4) is 5.75 Å². The van der Waals surface area contributed by atoms with Crippen molar-refractivity contribution in [2.24, 2.45) is 0 Å². The van der Waals surface area contributed by atoms with Gasteiger partial charge in [0.1, 0.15) is 11.6 Å². The van der Waals surface area contributed by atoms with E-state index in [2.05, 4.69) is 20.2 Å². The molecule has 1 aromatic carbocycles. The minimum absolute atomic E-state index is 0.126. The van der Waals surface area contributed by atoms with Gasteiger partial charge in [0.2, 0.25) is 0 Å². The van der Waals surface area contributed by atoms with Gasteiger partial charge in [0, 0.05) is 38.7 Å². The lowest BCUT2D eigenvalue weighted by Crippen LogP contribution is -2.26. The summed E-state index contributed by atoms with van der Waals surface area (Å²) in [4.78, 5) is 22.9. The molecule has 0 aliphatic rings. The zero-order valence-corrected chi connectivity index (χ0v) is 16.8. The molecule has 3 rings (SSSR count). The van der Waals surface area contributed by atoms with Crippen molar-refractivity contribution in [1.29, 1.82) is 0 Å². The van der Waals surface area contributed by atoms with Gasteiger partial charge in [0.15, 0.2) is 0 Å². The van der Waals surface area contributed by atoms with Crippen LogP contribution in [0, 0.1) is 0 Å². The van der Waals surface area contributed by atoms with E-state index in [-0.39, 0.29) is 5.91 Å². The fourth-order valence-corrected chi connectivity index (χ4v) is 3.03. The van der Waals surface area contributed by atoms with Crippen LogP contribution in [0.1, 0.15) is 21.5 Å². The fourth-order valence-electron chi connectivity index (χ4n) is 3.03. The molecular weight excluding hydrogens is 364 g/mol. The van der Waals surface area contributed by atoms with E-state index in [4.69, 9.17) is 4.74 Å². The number of para-hydroxylation sites is 1. The molecule has 2 heterocycles. The van der Waals surface area contributed by atoms with Crippen LogP contribution in [0.25, 0.3) is 0 Å². The predicted octanol–water partition coefficient (Wildman–Crippen LogP) is 3.14. The normalized spacial score (nSPS) is 10.4. The van der Waals surface area contributed by atoms with Crippen LogP contribution in [0.4, 0.5) is 5.82 Å². The number of carbonyl (C=O) groups is 1. The van der Waals surface area contributed by atoms with Gasteiger partial charge in [-0.2, -0.15) is 0 Å². The molecule has 6 nitrogen and oxygen atoms in total. The summed E-state index contributed by atoms with van der Waals surface area (Å²) in [5.74, 6) is 1.55. The van der Waals surface area contributed by atoms with Gasteiger partial charge >= 0.3 is 0 Å². The topological polar surface area (TPSA) is 67.3 Å². The van der Waals surface area contributed by atoms with E-state index in [1.165, 1.54) is 5.56 Å². The highest BCUT2D eigenvalue weighted by atomic mass is 16.5. The zero-order chi connectivity index (χ0) is 20.5. The molecule has 0 radical (unpaired) electrons. The first-order valence-electron chi connectivity index (χ1n) is 9.63. The van der Waals surface area contributed by atoms with Crippen molar-refractivity contribution in [3.05, 3.63) is 83.8 Å². The van der Waals surface area contributed by atoms with Crippen molar-refractivity contribution >= 4 is 11.7 Å². The maximum Gasteiger partial charge on any atom is 0.252 e. The quantitative estimate of drug-likeness (QED) is 0.608. The second-order valence-corrected chi connectivity index (χ2v) is 6.75. The molecule has 0 atom stereocenters. The number of benzene rings is 1. The summed E-state index contributed by atoms with van der Waals surface area (Å²) < 4.78 is 5.34. The molecule has 0 saturated heterocycles. The summed E-state index contributed by atoms with van der Waals surface area (Å²) in [5.41, 5.74) is 2.86. The molecule has 0 fully saturated rings. The monoisotopic (exact) mass is 390 g/mol. The largest absolute Gasteiger partial charge is 0.496 e. The number of hydrogen-bond donors (Lipinski definition) is 1. The Balaban J connectivity index is 1.49. The molecule has 150 valence electrons. The summed E-state index contributed by atoms with van der Waals surface area (Å²) in [6.07, 6.45) is 6.84. The smallest absolute Gasteiger partial charge is 0.252 e. The summed E-state index contributed by atoms with van der Waals surface area (Å²) >= 11 is 0. The van der Waals surface area contributed by atoms with E-state index in [0.29, 0.717) is 18.5 Å². The number of hydrogen-bond acceptors (Lipinski definition) is 5. The molecule has 0 spiro atoms. The second-order valence-electron chi connectivity index (χ2n) is 6.75. The number of aromatic nitrogens is 2. The summed E-state index contributed by atoms with van der Waals surface area (Å²) in [5, 5.41) is 2.94. The van der Waals surface area contributed by atoms with E-state index in [1.807, 2.05) is 55.6 Å². The first-order chi connectivity index (χ1) is 14.2. The van der Waals surface area contributed by atoms with Crippen molar-refractivity contribution in [3.63, 3.8) is 0 Å². The number of carbonyl (C=O) groups excluding carboxylic acids is 1.